The van der Waals surface area contributed by atoms with Gasteiger partial charge in [0.25, 0.3) is 5.56 Å². The van der Waals surface area contributed by atoms with Gasteiger partial charge in [-0.25, -0.2) is 0 Å². The van der Waals surface area contributed by atoms with Gasteiger partial charge in [-0.15, -0.1) is 0 Å². The van der Waals surface area contributed by atoms with E-state index in [1.54, 1.807) is 19.2 Å². The Balaban J connectivity index is 2.42. The largest absolute Gasteiger partial charge is 0.325 e. The molecule has 0 radical (unpaired) electrons. The number of para-hydroxylation sites is 1. The molecule has 0 spiro atoms. The number of nitrogens with zero attached hydrogens (tertiary/aromatic N) is 2. The number of nitrogens with one attached hydrogen (secondary N) is 1. The first-order chi connectivity index (χ1) is 10.1. The van der Waals surface area contributed by atoms with Gasteiger partial charge in [-0.2, -0.15) is 5.26 Å². The molecule has 0 unspecified atom stereocenters. The first-order valence-corrected chi connectivity index (χ1v) is 7.08. The molecular weight excluding hydrogens is 330 g/mol. The van der Waals surface area contributed by atoms with Crippen molar-refractivity contribution in [3.8, 4) is 17.2 Å². The van der Waals surface area contributed by atoms with E-state index in [2.05, 4.69) is 25.9 Å². The summed E-state index contributed by atoms with van der Waals surface area (Å²) in [6, 6.07) is 11.5. The zero-order chi connectivity index (χ0) is 15.0. The average Bonchev–Trinajstić information content (AvgIpc) is 2.45. The van der Waals surface area contributed by atoms with Gasteiger partial charge in [-0.1, -0.05) is 18.2 Å². The molecule has 1 N–H and O–H groups in total. The summed E-state index contributed by atoms with van der Waals surface area (Å²) in [5.74, 6) is 0. The molecule has 102 valence electrons. The Morgan fingerprint density at radius 3 is 2.86 bits per heavy atom. The molecule has 2 heterocycles. The van der Waals surface area contributed by atoms with E-state index in [9.17, 15) is 10.1 Å². The third-order valence-corrected chi connectivity index (χ3v) is 3.68. The van der Waals surface area contributed by atoms with Crippen LogP contribution in [0.2, 0.25) is 0 Å². The number of benzene rings is 1. The highest BCUT2D eigenvalue weighted by Crippen LogP contribution is 2.29. The van der Waals surface area contributed by atoms with Crippen molar-refractivity contribution in [3.05, 3.63) is 62.6 Å². The number of fused-ring (bicyclic) bond motifs is 1. The molecule has 0 saturated carbocycles. The summed E-state index contributed by atoms with van der Waals surface area (Å²) in [6.45, 7) is 1.79. The number of rotatable bonds is 1. The quantitative estimate of drug-likeness (QED) is 0.737. The van der Waals surface area contributed by atoms with Gasteiger partial charge < -0.3 is 4.98 Å². The standard InChI is InChI=1S/C16H10BrN3O/c1-9-5-13(14(7-18)16(21)20-9)12-4-2-3-10-6-11(17)8-19-15(10)12/h2-6,8H,1H3,(H,20,21). The fraction of sp³-hybridized carbons (Fsp3) is 0.0625. The molecule has 3 rings (SSSR count). The van der Waals surface area contributed by atoms with Crippen LogP contribution in [0.5, 0.6) is 0 Å². The number of hydrogen-bond donors (Lipinski definition) is 1. The Bertz CT molecular complexity index is 954. The second kappa shape index (κ2) is 5.15. The third kappa shape index (κ3) is 2.34. The van der Waals surface area contributed by atoms with Crippen molar-refractivity contribution in [2.45, 2.75) is 6.92 Å². The van der Waals surface area contributed by atoms with Crippen LogP contribution in [0, 0.1) is 18.3 Å². The molecule has 0 aliphatic rings. The van der Waals surface area contributed by atoms with Gasteiger partial charge in [0.1, 0.15) is 11.6 Å². The number of aromatic nitrogens is 2. The topological polar surface area (TPSA) is 69.5 Å². The monoisotopic (exact) mass is 339 g/mol. The minimum atomic E-state index is -0.374. The highest BCUT2D eigenvalue weighted by molar-refractivity contribution is 9.10. The van der Waals surface area contributed by atoms with Crippen molar-refractivity contribution in [2.75, 3.05) is 0 Å². The molecule has 0 atom stereocenters. The zero-order valence-electron chi connectivity index (χ0n) is 11.1. The van der Waals surface area contributed by atoms with Crippen LogP contribution in [0.4, 0.5) is 0 Å². The van der Waals surface area contributed by atoms with Crippen molar-refractivity contribution in [2.24, 2.45) is 0 Å². The van der Waals surface area contributed by atoms with Crippen molar-refractivity contribution in [3.63, 3.8) is 0 Å². The average molecular weight is 340 g/mol. The van der Waals surface area contributed by atoms with Crippen LogP contribution in [0.25, 0.3) is 22.0 Å². The van der Waals surface area contributed by atoms with Gasteiger partial charge in [-0.3, -0.25) is 9.78 Å². The zero-order valence-corrected chi connectivity index (χ0v) is 12.7. The van der Waals surface area contributed by atoms with Crippen molar-refractivity contribution in [1.82, 2.24) is 9.97 Å². The van der Waals surface area contributed by atoms with Crippen LogP contribution in [0.3, 0.4) is 0 Å². The highest BCUT2D eigenvalue weighted by atomic mass is 79.9. The first-order valence-electron chi connectivity index (χ1n) is 6.29. The maximum atomic E-state index is 11.9. The van der Waals surface area contributed by atoms with E-state index in [0.29, 0.717) is 11.3 Å². The lowest BCUT2D eigenvalue weighted by Crippen LogP contribution is -2.12. The van der Waals surface area contributed by atoms with Crippen LogP contribution in [0.1, 0.15) is 11.3 Å². The molecule has 0 amide bonds. The molecule has 0 saturated heterocycles. The third-order valence-electron chi connectivity index (χ3n) is 3.25. The molecule has 0 fully saturated rings. The van der Waals surface area contributed by atoms with E-state index in [1.165, 1.54) is 0 Å². The van der Waals surface area contributed by atoms with E-state index < -0.39 is 0 Å². The van der Waals surface area contributed by atoms with E-state index in [0.717, 1.165) is 20.9 Å². The second-order valence-electron chi connectivity index (χ2n) is 4.71. The number of hydrogen-bond acceptors (Lipinski definition) is 3. The van der Waals surface area contributed by atoms with Gasteiger partial charge >= 0.3 is 0 Å². The summed E-state index contributed by atoms with van der Waals surface area (Å²) in [4.78, 5) is 19.0. The van der Waals surface area contributed by atoms with E-state index in [4.69, 9.17) is 0 Å². The fourth-order valence-corrected chi connectivity index (χ4v) is 2.71. The Kier molecular flexibility index (Phi) is 3.32. The van der Waals surface area contributed by atoms with Gasteiger partial charge in [0.05, 0.1) is 5.52 Å². The molecule has 1 aromatic carbocycles. The first kappa shape index (κ1) is 13.5. The van der Waals surface area contributed by atoms with Crippen LogP contribution >= 0.6 is 15.9 Å². The minimum Gasteiger partial charge on any atom is -0.325 e. The number of halogens is 1. The van der Waals surface area contributed by atoms with Gasteiger partial charge in [0.15, 0.2) is 0 Å². The SMILES string of the molecule is Cc1cc(-c2cccc3cc(Br)cnc23)c(C#N)c(=O)[nH]1. The summed E-state index contributed by atoms with van der Waals surface area (Å²) < 4.78 is 0.884. The molecule has 0 aliphatic heterocycles. The lowest BCUT2D eigenvalue weighted by molar-refractivity contribution is 1.13. The predicted octanol–water partition coefficient (Wildman–Crippen LogP) is 3.53. The fourth-order valence-electron chi connectivity index (χ4n) is 2.36. The Labute approximate surface area is 129 Å². The van der Waals surface area contributed by atoms with Gasteiger partial charge in [-0.05, 0) is 35.0 Å². The van der Waals surface area contributed by atoms with E-state index in [1.807, 2.05) is 30.3 Å². The molecule has 5 heteroatoms. The lowest BCUT2D eigenvalue weighted by Gasteiger charge is -2.08. The summed E-state index contributed by atoms with van der Waals surface area (Å²) in [5, 5.41) is 10.2. The number of H-pyrrole nitrogens is 1. The summed E-state index contributed by atoms with van der Waals surface area (Å²) in [7, 11) is 0. The molecule has 0 aliphatic carbocycles. The van der Waals surface area contributed by atoms with Crippen molar-refractivity contribution in [1.29, 1.82) is 5.26 Å². The normalized spacial score (nSPS) is 10.5. The van der Waals surface area contributed by atoms with E-state index >= 15 is 0 Å². The highest BCUT2D eigenvalue weighted by Gasteiger charge is 2.13. The van der Waals surface area contributed by atoms with Crippen molar-refractivity contribution >= 4 is 26.8 Å². The second-order valence-corrected chi connectivity index (χ2v) is 5.63. The summed E-state index contributed by atoms with van der Waals surface area (Å²) in [5.41, 5.74) is 2.61. The summed E-state index contributed by atoms with van der Waals surface area (Å²) in [6.07, 6.45) is 1.71. The Hall–Kier alpha value is -2.45. The van der Waals surface area contributed by atoms with Crippen LogP contribution in [0.15, 0.2) is 45.8 Å². The van der Waals surface area contributed by atoms with Crippen LogP contribution < -0.4 is 5.56 Å². The summed E-state index contributed by atoms with van der Waals surface area (Å²) >= 11 is 3.39. The predicted molar refractivity (Wildman–Crippen MR) is 85.0 cm³/mol. The molecule has 21 heavy (non-hydrogen) atoms. The number of nitriles is 1. The lowest BCUT2D eigenvalue weighted by atomic mass is 9.98. The van der Waals surface area contributed by atoms with Crippen LogP contribution in [-0.2, 0) is 0 Å². The van der Waals surface area contributed by atoms with Crippen LogP contribution in [-0.4, -0.2) is 9.97 Å². The smallest absolute Gasteiger partial charge is 0.266 e. The molecule has 3 aromatic rings. The minimum absolute atomic E-state index is 0.109. The molecule has 0 bridgehead atoms. The molecule has 4 nitrogen and oxygen atoms in total. The Morgan fingerprint density at radius 2 is 2.10 bits per heavy atom. The van der Waals surface area contributed by atoms with Crippen molar-refractivity contribution < 1.29 is 0 Å². The maximum absolute atomic E-state index is 11.9. The maximum Gasteiger partial charge on any atom is 0.266 e. The van der Waals surface area contributed by atoms with E-state index in [-0.39, 0.29) is 11.1 Å². The van der Waals surface area contributed by atoms with Gasteiger partial charge in [0.2, 0.25) is 0 Å². The van der Waals surface area contributed by atoms with Gasteiger partial charge in [0, 0.05) is 32.9 Å². The molecule has 2 aromatic heterocycles. The number of aryl methyl sites for hydroxylation is 1. The number of pyridine rings is 2. The number of aromatic amines is 1. The molecular formula is C16H10BrN3O. The Morgan fingerprint density at radius 1 is 1.29 bits per heavy atom.